The molecule has 1 aliphatic carbocycles. The topological polar surface area (TPSA) is 60.2 Å². The summed E-state index contributed by atoms with van der Waals surface area (Å²) in [6.07, 6.45) is 3.91. The maximum Gasteiger partial charge on any atom is 0.228 e. The summed E-state index contributed by atoms with van der Waals surface area (Å²) in [5.74, 6) is 1.94. The highest BCUT2D eigenvalue weighted by atomic mass is 16.5. The number of aromatic nitrogens is 2. The summed E-state index contributed by atoms with van der Waals surface area (Å²) < 4.78 is 10.9. The first-order valence-electron chi connectivity index (χ1n) is 6.67. The zero-order chi connectivity index (χ0) is 13.2. The average Bonchev–Trinajstić information content (AvgIpc) is 2.74. The molecule has 0 aromatic carbocycles. The Balaban J connectivity index is 2.06. The molecule has 0 amide bonds. The Kier molecular flexibility index (Phi) is 4.02. The second-order valence-corrected chi connectivity index (χ2v) is 5.41. The van der Waals surface area contributed by atoms with Gasteiger partial charge < -0.3 is 14.6 Å². The third-order valence-corrected chi connectivity index (χ3v) is 4.00. The van der Waals surface area contributed by atoms with Gasteiger partial charge in [0, 0.05) is 19.6 Å². The smallest absolute Gasteiger partial charge is 0.228 e. The number of ether oxygens (including phenoxy) is 1. The van der Waals surface area contributed by atoms with Gasteiger partial charge in [0.15, 0.2) is 0 Å². The van der Waals surface area contributed by atoms with Gasteiger partial charge in [-0.05, 0) is 32.2 Å². The fourth-order valence-electron chi connectivity index (χ4n) is 2.40. The maximum absolute atomic E-state index is 5.55. The highest BCUT2D eigenvalue weighted by Crippen LogP contribution is 2.42. The number of hydrogen-bond donors (Lipinski definition) is 1. The molecule has 1 N–H and O–H groups in total. The van der Waals surface area contributed by atoms with Crippen LogP contribution in [0.1, 0.15) is 44.8 Å². The average molecular weight is 253 g/mol. The quantitative estimate of drug-likeness (QED) is 0.838. The van der Waals surface area contributed by atoms with E-state index in [1.807, 2.05) is 7.05 Å². The number of likely N-dealkylation sites (N-methyl/N-ethyl adjacent to an activating group) is 1. The van der Waals surface area contributed by atoms with E-state index in [4.69, 9.17) is 9.26 Å². The van der Waals surface area contributed by atoms with Gasteiger partial charge in [-0.3, -0.25) is 0 Å². The molecule has 1 unspecified atom stereocenters. The third-order valence-electron chi connectivity index (χ3n) is 4.00. The van der Waals surface area contributed by atoms with Crippen molar-refractivity contribution < 1.29 is 9.26 Å². The van der Waals surface area contributed by atoms with Crippen LogP contribution < -0.4 is 5.32 Å². The largest absolute Gasteiger partial charge is 0.370 e. The molecule has 1 aliphatic rings. The Bertz CT molecular complexity index is 380. The first kappa shape index (κ1) is 13.5. The lowest BCUT2D eigenvalue weighted by Crippen LogP contribution is -2.37. The van der Waals surface area contributed by atoms with E-state index in [1.54, 1.807) is 7.11 Å². The Morgan fingerprint density at radius 2 is 2.17 bits per heavy atom. The van der Waals surface area contributed by atoms with Crippen molar-refractivity contribution in [3.05, 3.63) is 11.7 Å². The van der Waals surface area contributed by atoms with Crippen molar-refractivity contribution in [3.8, 4) is 0 Å². The predicted molar refractivity (Wildman–Crippen MR) is 68.2 cm³/mol. The summed E-state index contributed by atoms with van der Waals surface area (Å²) in [6.45, 7) is 4.36. The molecule has 1 fully saturated rings. The van der Waals surface area contributed by atoms with Gasteiger partial charge in [-0.2, -0.15) is 4.98 Å². The molecular formula is C13H23N3O2. The lowest BCUT2D eigenvalue weighted by atomic mass is 9.79. The number of methoxy groups -OCH3 is 1. The molecule has 0 bridgehead atoms. The molecule has 102 valence electrons. The molecule has 1 aromatic heterocycles. The van der Waals surface area contributed by atoms with E-state index in [0.717, 1.165) is 19.3 Å². The standard InChI is InChI=1S/C13H23N3O2/c1-9(2)10(14-3)8-11-15-12(16-18-11)13(17-4)6-5-7-13/h9-10,14H,5-8H2,1-4H3. The molecule has 5 nitrogen and oxygen atoms in total. The fraction of sp³-hybridized carbons (Fsp3) is 0.846. The van der Waals surface area contributed by atoms with Crippen LogP contribution in [0.4, 0.5) is 0 Å². The molecule has 0 saturated heterocycles. The van der Waals surface area contributed by atoms with E-state index in [0.29, 0.717) is 23.7 Å². The molecular weight excluding hydrogens is 230 g/mol. The number of nitrogens with one attached hydrogen (secondary N) is 1. The van der Waals surface area contributed by atoms with Crippen molar-refractivity contribution in [3.63, 3.8) is 0 Å². The molecule has 5 heteroatoms. The first-order chi connectivity index (χ1) is 8.61. The van der Waals surface area contributed by atoms with Crippen molar-refractivity contribution >= 4 is 0 Å². The SMILES string of the molecule is CNC(Cc1nc(C2(OC)CCC2)no1)C(C)C. The first-order valence-corrected chi connectivity index (χ1v) is 6.67. The van der Waals surface area contributed by atoms with E-state index in [-0.39, 0.29) is 5.60 Å². The number of hydrogen-bond acceptors (Lipinski definition) is 5. The summed E-state index contributed by atoms with van der Waals surface area (Å²) in [5.41, 5.74) is -0.283. The van der Waals surface area contributed by atoms with Crippen molar-refractivity contribution in [2.24, 2.45) is 5.92 Å². The van der Waals surface area contributed by atoms with Gasteiger partial charge in [0.25, 0.3) is 0 Å². The summed E-state index contributed by atoms with van der Waals surface area (Å²) in [4.78, 5) is 4.50. The predicted octanol–water partition coefficient (Wildman–Crippen LogP) is 1.88. The zero-order valence-corrected chi connectivity index (χ0v) is 11.7. The van der Waals surface area contributed by atoms with E-state index in [9.17, 15) is 0 Å². The van der Waals surface area contributed by atoms with E-state index in [1.165, 1.54) is 6.42 Å². The molecule has 0 radical (unpaired) electrons. The molecule has 2 rings (SSSR count). The summed E-state index contributed by atoms with van der Waals surface area (Å²) in [6, 6.07) is 0.359. The number of nitrogens with zero attached hydrogens (tertiary/aromatic N) is 2. The number of rotatable bonds is 6. The van der Waals surface area contributed by atoms with Gasteiger partial charge in [-0.25, -0.2) is 0 Å². The van der Waals surface area contributed by atoms with Gasteiger partial charge in [-0.1, -0.05) is 19.0 Å². The minimum absolute atomic E-state index is 0.283. The van der Waals surface area contributed by atoms with Crippen molar-refractivity contribution in [2.75, 3.05) is 14.2 Å². The molecule has 0 aliphatic heterocycles. The molecule has 1 saturated carbocycles. The van der Waals surface area contributed by atoms with Gasteiger partial charge in [-0.15, -0.1) is 0 Å². The molecule has 1 atom stereocenters. The van der Waals surface area contributed by atoms with Crippen LogP contribution in [0.15, 0.2) is 4.52 Å². The molecule has 1 heterocycles. The lowest BCUT2D eigenvalue weighted by molar-refractivity contribution is -0.0858. The minimum atomic E-state index is -0.283. The maximum atomic E-state index is 5.55. The van der Waals surface area contributed by atoms with Gasteiger partial charge in [0.2, 0.25) is 11.7 Å². The van der Waals surface area contributed by atoms with Gasteiger partial charge in [0.1, 0.15) is 5.60 Å². The van der Waals surface area contributed by atoms with Crippen LogP contribution in [0.5, 0.6) is 0 Å². The van der Waals surface area contributed by atoms with E-state index < -0.39 is 0 Å². The van der Waals surface area contributed by atoms with Crippen LogP contribution in [0.2, 0.25) is 0 Å². The highest BCUT2D eigenvalue weighted by molar-refractivity contribution is 5.07. The summed E-state index contributed by atoms with van der Waals surface area (Å²) in [7, 11) is 3.68. The van der Waals surface area contributed by atoms with Gasteiger partial charge in [0.05, 0.1) is 0 Å². The van der Waals surface area contributed by atoms with Crippen LogP contribution in [0.3, 0.4) is 0 Å². The lowest BCUT2D eigenvalue weighted by Gasteiger charge is -2.37. The normalized spacial score (nSPS) is 19.8. The second kappa shape index (κ2) is 5.36. The Morgan fingerprint density at radius 1 is 1.44 bits per heavy atom. The van der Waals surface area contributed by atoms with Crippen LogP contribution >= 0.6 is 0 Å². The van der Waals surface area contributed by atoms with Crippen LogP contribution in [0.25, 0.3) is 0 Å². The fourth-order valence-corrected chi connectivity index (χ4v) is 2.40. The van der Waals surface area contributed by atoms with E-state index in [2.05, 4.69) is 29.3 Å². The van der Waals surface area contributed by atoms with Crippen LogP contribution in [-0.4, -0.2) is 30.3 Å². The Hall–Kier alpha value is -0.940. The summed E-state index contributed by atoms with van der Waals surface area (Å²) >= 11 is 0. The van der Waals surface area contributed by atoms with Crippen molar-refractivity contribution in [1.82, 2.24) is 15.5 Å². The second-order valence-electron chi connectivity index (χ2n) is 5.41. The Morgan fingerprint density at radius 3 is 2.61 bits per heavy atom. The molecule has 0 spiro atoms. The zero-order valence-electron chi connectivity index (χ0n) is 11.7. The third kappa shape index (κ3) is 2.42. The molecule has 18 heavy (non-hydrogen) atoms. The highest BCUT2D eigenvalue weighted by Gasteiger charge is 2.43. The van der Waals surface area contributed by atoms with Crippen molar-refractivity contribution in [2.45, 2.75) is 51.2 Å². The Labute approximate surface area is 108 Å². The summed E-state index contributed by atoms with van der Waals surface area (Å²) in [5, 5.41) is 7.37. The van der Waals surface area contributed by atoms with Crippen LogP contribution in [-0.2, 0) is 16.8 Å². The minimum Gasteiger partial charge on any atom is -0.370 e. The van der Waals surface area contributed by atoms with Gasteiger partial charge >= 0.3 is 0 Å². The van der Waals surface area contributed by atoms with E-state index >= 15 is 0 Å². The van der Waals surface area contributed by atoms with Crippen molar-refractivity contribution in [1.29, 1.82) is 0 Å². The molecule has 1 aromatic rings. The monoisotopic (exact) mass is 253 g/mol. The van der Waals surface area contributed by atoms with Crippen LogP contribution in [0, 0.1) is 5.92 Å².